The minimum atomic E-state index is -4.83. The van der Waals surface area contributed by atoms with Crippen LogP contribution in [-0.2, 0) is 15.7 Å². The van der Waals surface area contributed by atoms with Gasteiger partial charge in [-0.3, -0.25) is 9.59 Å². The van der Waals surface area contributed by atoms with Crippen molar-refractivity contribution >= 4 is 24.1 Å². The van der Waals surface area contributed by atoms with Crippen LogP contribution in [0.5, 0.6) is 0 Å². The molecule has 0 aliphatic heterocycles. The SMILES string of the molecule is CCC(=O)NC(C)(C)C=Cn1ncc(C(=O)NC2C3CC4CC2CC(COC(N)=O)(C4)C3)c1C(F)(F)F. The molecule has 4 bridgehead atoms. The minimum Gasteiger partial charge on any atom is -0.449 e. The van der Waals surface area contributed by atoms with Gasteiger partial charge < -0.3 is 21.1 Å². The molecule has 0 aromatic carbocycles. The second-order valence-electron chi connectivity index (χ2n) is 11.4. The second kappa shape index (κ2) is 9.68. The second-order valence-corrected chi connectivity index (χ2v) is 11.4. The summed E-state index contributed by atoms with van der Waals surface area (Å²) < 4.78 is 47.9. The van der Waals surface area contributed by atoms with E-state index in [-0.39, 0.29) is 42.2 Å². The number of carbonyl (C=O) groups excluding carboxylic acids is 3. The summed E-state index contributed by atoms with van der Waals surface area (Å²) in [4.78, 5) is 36.0. The van der Waals surface area contributed by atoms with Gasteiger partial charge in [0, 0.05) is 24.1 Å². The van der Waals surface area contributed by atoms with E-state index in [0.29, 0.717) is 10.6 Å². The lowest BCUT2D eigenvalue weighted by Gasteiger charge is -2.59. The van der Waals surface area contributed by atoms with E-state index in [1.54, 1.807) is 20.8 Å². The maximum absolute atomic E-state index is 14.1. The quantitative estimate of drug-likeness (QED) is 0.477. The molecule has 204 valence electrons. The van der Waals surface area contributed by atoms with Crippen LogP contribution in [0.25, 0.3) is 6.20 Å². The standard InChI is InChI=1S/C25H34F3N5O4/c1-4-18(34)32-23(2,3)5-6-33-20(25(26,27)28)17(12-30-33)21(35)31-19-15-7-14-8-16(19)11-24(9-14,10-15)13-37-22(29)36/h5-6,12,14-16,19H,4,7-11,13H2,1-3H3,(H2,29,36)(H,31,35)(H,32,34). The van der Waals surface area contributed by atoms with Crippen molar-refractivity contribution in [3.63, 3.8) is 0 Å². The molecule has 0 saturated heterocycles. The summed E-state index contributed by atoms with van der Waals surface area (Å²) in [5.41, 5.74) is 2.34. The third kappa shape index (κ3) is 5.77. The van der Waals surface area contributed by atoms with Crippen LogP contribution in [0, 0.1) is 23.2 Å². The first-order valence-corrected chi connectivity index (χ1v) is 12.6. The largest absolute Gasteiger partial charge is 0.449 e. The first kappa shape index (κ1) is 27.0. The van der Waals surface area contributed by atoms with E-state index in [1.165, 1.54) is 6.08 Å². The molecule has 4 aliphatic carbocycles. The predicted molar refractivity (Wildman–Crippen MR) is 128 cm³/mol. The summed E-state index contributed by atoms with van der Waals surface area (Å²) in [5, 5.41) is 9.41. The maximum atomic E-state index is 14.1. The summed E-state index contributed by atoms with van der Waals surface area (Å²) >= 11 is 0. The molecule has 0 radical (unpaired) electrons. The molecule has 0 spiro atoms. The molecular weight excluding hydrogens is 491 g/mol. The van der Waals surface area contributed by atoms with E-state index in [0.717, 1.165) is 44.5 Å². The molecule has 3 amide bonds. The molecule has 4 aliphatic rings. The normalized spacial score (nSPS) is 28.9. The van der Waals surface area contributed by atoms with Gasteiger partial charge in [0.25, 0.3) is 5.91 Å². The number of nitrogens with one attached hydrogen (secondary N) is 2. The average molecular weight is 526 g/mol. The van der Waals surface area contributed by atoms with Crippen LogP contribution in [0.4, 0.5) is 18.0 Å². The van der Waals surface area contributed by atoms with Gasteiger partial charge in [0.05, 0.1) is 23.9 Å². The van der Waals surface area contributed by atoms with Crippen LogP contribution < -0.4 is 16.4 Å². The minimum absolute atomic E-state index is 0.0962. The van der Waals surface area contributed by atoms with Crippen LogP contribution >= 0.6 is 0 Å². The molecule has 12 heteroatoms. The van der Waals surface area contributed by atoms with Crippen molar-refractivity contribution < 1.29 is 32.3 Å². The Hall–Kier alpha value is -3.05. The number of amides is 3. The summed E-state index contributed by atoms with van der Waals surface area (Å²) in [6.07, 6.45) is 2.18. The molecule has 2 atom stereocenters. The van der Waals surface area contributed by atoms with Gasteiger partial charge >= 0.3 is 12.3 Å². The van der Waals surface area contributed by atoms with Crippen molar-refractivity contribution in [2.24, 2.45) is 28.9 Å². The molecule has 1 aromatic heterocycles. The predicted octanol–water partition coefficient (Wildman–Crippen LogP) is 3.70. The van der Waals surface area contributed by atoms with E-state index >= 15 is 0 Å². The van der Waals surface area contributed by atoms with Crippen LogP contribution in [0.3, 0.4) is 0 Å². The number of rotatable bonds is 8. The van der Waals surface area contributed by atoms with Gasteiger partial charge in [-0.25, -0.2) is 9.48 Å². The molecule has 1 heterocycles. The molecule has 37 heavy (non-hydrogen) atoms. The van der Waals surface area contributed by atoms with Crippen molar-refractivity contribution in [2.75, 3.05) is 6.61 Å². The monoisotopic (exact) mass is 525 g/mol. The topological polar surface area (TPSA) is 128 Å². The smallest absolute Gasteiger partial charge is 0.434 e. The van der Waals surface area contributed by atoms with Gasteiger partial charge in [-0.2, -0.15) is 18.3 Å². The van der Waals surface area contributed by atoms with Gasteiger partial charge in [-0.05, 0) is 69.8 Å². The van der Waals surface area contributed by atoms with Crippen molar-refractivity contribution in [3.8, 4) is 0 Å². The van der Waals surface area contributed by atoms with Crippen molar-refractivity contribution in [2.45, 2.75) is 77.1 Å². The van der Waals surface area contributed by atoms with Gasteiger partial charge in [0.15, 0.2) is 5.69 Å². The summed E-state index contributed by atoms with van der Waals surface area (Å²) in [5.74, 6) is -0.426. The Morgan fingerprint density at radius 1 is 1.22 bits per heavy atom. The Balaban J connectivity index is 1.52. The van der Waals surface area contributed by atoms with Crippen LogP contribution in [0.15, 0.2) is 12.3 Å². The van der Waals surface area contributed by atoms with Gasteiger partial charge in [0.1, 0.15) is 0 Å². The lowest BCUT2D eigenvalue weighted by Crippen LogP contribution is -2.60. The fourth-order valence-electron chi connectivity index (χ4n) is 6.73. The van der Waals surface area contributed by atoms with Crippen molar-refractivity contribution in [3.05, 3.63) is 23.5 Å². The van der Waals surface area contributed by atoms with E-state index in [1.807, 2.05) is 0 Å². The lowest BCUT2D eigenvalue weighted by atomic mass is 9.48. The Morgan fingerprint density at radius 2 is 1.86 bits per heavy atom. The zero-order chi connectivity index (χ0) is 27.2. The van der Waals surface area contributed by atoms with E-state index < -0.39 is 35.0 Å². The number of aromatic nitrogens is 2. The first-order valence-electron chi connectivity index (χ1n) is 12.6. The highest BCUT2D eigenvalue weighted by Gasteiger charge is 2.56. The molecule has 4 N–H and O–H groups in total. The van der Waals surface area contributed by atoms with E-state index in [9.17, 15) is 27.6 Å². The van der Waals surface area contributed by atoms with Gasteiger partial charge in [-0.1, -0.05) is 6.92 Å². The Morgan fingerprint density at radius 3 is 2.43 bits per heavy atom. The number of nitrogens with two attached hydrogens (primary N) is 1. The fourth-order valence-corrected chi connectivity index (χ4v) is 6.73. The third-order valence-electron chi connectivity index (χ3n) is 7.94. The number of ether oxygens (including phenoxy) is 1. The number of carbonyl (C=O) groups is 3. The highest BCUT2D eigenvalue weighted by Crippen LogP contribution is 2.60. The van der Waals surface area contributed by atoms with Crippen molar-refractivity contribution in [1.29, 1.82) is 0 Å². The molecule has 4 fully saturated rings. The molecular formula is C25H34F3N5O4. The molecule has 4 saturated carbocycles. The Bertz CT molecular complexity index is 1080. The summed E-state index contributed by atoms with van der Waals surface area (Å²) in [6, 6.07) is -0.256. The lowest BCUT2D eigenvalue weighted by molar-refractivity contribution is -0.143. The highest BCUT2D eigenvalue weighted by molar-refractivity contribution is 5.95. The average Bonchev–Trinajstić information content (AvgIpc) is 3.23. The third-order valence-corrected chi connectivity index (χ3v) is 7.94. The first-order chi connectivity index (χ1) is 17.2. The molecule has 5 rings (SSSR count). The number of hydrogen-bond donors (Lipinski definition) is 3. The number of hydrogen-bond acceptors (Lipinski definition) is 5. The number of primary amides is 1. The zero-order valence-electron chi connectivity index (χ0n) is 21.2. The summed E-state index contributed by atoms with van der Waals surface area (Å²) in [6.45, 7) is 5.20. The van der Waals surface area contributed by atoms with Gasteiger partial charge in [0.2, 0.25) is 5.91 Å². The van der Waals surface area contributed by atoms with Crippen molar-refractivity contribution in [1.82, 2.24) is 20.4 Å². The number of nitrogens with zero attached hydrogens (tertiary/aromatic N) is 2. The fraction of sp³-hybridized carbons (Fsp3) is 0.680. The van der Waals surface area contributed by atoms with Crippen LogP contribution in [-0.4, -0.2) is 45.9 Å². The summed E-state index contributed by atoms with van der Waals surface area (Å²) in [7, 11) is 0. The number of halogens is 3. The van der Waals surface area contributed by atoms with Crippen LogP contribution in [0.1, 0.15) is 75.3 Å². The Kier molecular flexibility index (Phi) is 7.06. The Labute approximate surface area is 213 Å². The number of alkyl halides is 3. The molecule has 2 unspecified atom stereocenters. The molecule has 9 nitrogen and oxygen atoms in total. The van der Waals surface area contributed by atoms with E-state index in [2.05, 4.69) is 15.7 Å². The molecule has 1 aromatic rings. The van der Waals surface area contributed by atoms with Gasteiger partial charge in [-0.15, -0.1) is 0 Å². The zero-order valence-corrected chi connectivity index (χ0v) is 21.2. The van der Waals surface area contributed by atoms with E-state index in [4.69, 9.17) is 10.5 Å². The highest BCUT2D eigenvalue weighted by atomic mass is 19.4. The maximum Gasteiger partial charge on any atom is 0.434 e. The van der Waals surface area contributed by atoms with Crippen LogP contribution in [0.2, 0.25) is 0 Å².